The summed E-state index contributed by atoms with van der Waals surface area (Å²) in [7, 11) is 0. The third kappa shape index (κ3) is 3.83. The van der Waals surface area contributed by atoms with Gasteiger partial charge in [0.1, 0.15) is 5.03 Å². The van der Waals surface area contributed by atoms with Crippen molar-refractivity contribution in [2.75, 3.05) is 11.1 Å². The molecule has 0 bridgehead atoms. The van der Waals surface area contributed by atoms with E-state index in [-0.39, 0.29) is 11.7 Å². The van der Waals surface area contributed by atoms with E-state index < -0.39 is 0 Å². The summed E-state index contributed by atoms with van der Waals surface area (Å²) in [4.78, 5) is 17.4. The number of aromatic nitrogens is 4. The highest BCUT2D eigenvalue weighted by Crippen LogP contribution is 2.29. The molecule has 5 rings (SSSR count). The summed E-state index contributed by atoms with van der Waals surface area (Å²) in [5.41, 5.74) is 6.40. The summed E-state index contributed by atoms with van der Waals surface area (Å²) in [5, 5.41) is 12.5. The molecular weight excluding hydrogens is 418 g/mol. The Kier molecular flexibility index (Phi) is 5.33. The van der Waals surface area contributed by atoms with Crippen LogP contribution in [0.1, 0.15) is 11.1 Å². The zero-order valence-corrected chi connectivity index (χ0v) is 18.6. The van der Waals surface area contributed by atoms with E-state index in [4.69, 9.17) is 4.98 Å². The largest absolute Gasteiger partial charge is 0.325 e. The van der Waals surface area contributed by atoms with Crippen LogP contribution < -0.4 is 5.32 Å². The van der Waals surface area contributed by atoms with Crippen LogP contribution in [0, 0.1) is 13.8 Å². The minimum absolute atomic E-state index is 0.0853. The van der Waals surface area contributed by atoms with Crippen molar-refractivity contribution in [3.8, 4) is 11.4 Å². The Balaban J connectivity index is 1.48. The molecule has 0 radical (unpaired) electrons. The van der Waals surface area contributed by atoms with Crippen molar-refractivity contribution in [1.82, 2.24) is 19.6 Å². The lowest BCUT2D eigenvalue weighted by Crippen LogP contribution is -2.15. The van der Waals surface area contributed by atoms with Crippen LogP contribution in [0.4, 0.5) is 5.69 Å². The molecular formula is C25H21N5OS. The van der Waals surface area contributed by atoms with Crippen molar-refractivity contribution in [2.45, 2.75) is 18.9 Å². The summed E-state index contributed by atoms with van der Waals surface area (Å²) in [6, 6.07) is 23.8. The fourth-order valence-corrected chi connectivity index (χ4v) is 4.47. The highest BCUT2D eigenvalue weighted by atomic mass is 32.2. The van der Waals surface area contributed by atoms with Crippen LogP contribution in [0.15, 0.2) is 77.8 Å². The van der Waals surface area contributed by atoms with Gasteiger partial charge < -0.3 is 5.32 Å². The summed E-state index contributed by atoms with van der Waals surface area (Å²) >= 11 is 1.36. The Morgan fingerprint density at radius 2 is 1.75 bits per heavy atom. The topological polar surface area (TPSA) is 72.2 Å². The van der Waals surface area contributed by atoms with E-state index in [1.165, 1.54) is 17.3 Å². The maximum absolute atomic E-state index is 12.6. The first-order valence-electron chi connectivity index (χ1n) is 10.3. The zero-order valence-electron chi connectivity index (χ0n) is 17.7. The monoisotopic (exact) mass is 439 g/mol. The summed E-state index contributed by atoms with van der Waals surface area (Å²) < 4.78 is 2.02. The van der Waals surface area contributed by atoms with Crippen molar-refractivity contribution < 1.29 is 4.79 Å². The van der Waals surface area contributed by atoms with Gasteiger partial charge in [0, 0.05) is 11.3 Å². The molecule has 1 N–H and O–H groups in total. The standard InChI is InChI=1S/C25H21N5OS/c1-16-12-13-19(17(2)14-16)26-22(31)15-32-25-24-29-28-23(18-8-4-3-5-9-18)30(24)21-11-7-6-10-20(21)27-25/h3-14H,15H2,1-2H3,(H,26,31). The van der Waals surface area contributed by atoms with E-state index in [9.17, 15) is 4.79 Å². The maximum atomic E-state index is 12.6. The molecule has 32 heavy (non-hydrogen) atoms. The summed E-state index contributed by atoms with van der Waals surface area (Å²) in [6.07, 6.45) is 0. The van der Waals surface area contributed by atoms with Crippen molar-refractivity contribution in [3.05, 3.63) is 83.9 Å². The van der Waals surface area contributed by atoms with Crippen molar-refractivity contribution in [1.29, 1.82) is 0 Å². The molecule has 0 fully saturated rings. The third-order valence-corrected chi connectivity index (χ3v) is 6.18. The highest BCUT2D eigenvalue weighted by molar-refractivity contribution is 8.00. The molecule has 7 heteroatoms. The second kappa shape index (κ2) is 8.43. The van der Waals surface area contributed by atoms with Crippen molar-refractivity contribution in [3.63, 3.8) is 0 Å². The van der Waals surface area contributed by atoms with Gasteiger partial charge in [0.25, 0.3) is 0 Å². The molecule has 0 atom stereocenters. The smallest absolute Gasteiger partial charge is 0.234 e. The second-order valence-electron chi connectivity index (χ2n) is 7.61. The lowest BCUT2D eigenvalue weighted by molar-refractivity contribution is -0.113. The molecule has 1 amide bonds. The van der Waals surface area contributed by atoms with Crippen LogP contribution >= 0.6 is 11.8 Å². The molecule has 0 spiro atoms. The average molecular weight is 440 g/mol. The minimum atomic E-state index is -0.0853. The predicted octanol–water partition coefficient (Wildman–Crippen LogP) is 5.29. The van der Waals surface area contributed by atoms with Gasteiger partial charge in [-0.15, -0.1) is 10.2 Å². The number of aryl methyl sites for hydroxylation is 2. The fraction of sp³-hybridized carbons (Fsp3) is 0.120. The van der Waals surface area contributed by atoms with E-state index in [0.717, 1.165) is 33.7 Å². The minimum Gasteiger partial charge on any atom is -0.325 e. The van der Waals surface area contributed by atoms with Crippen LogP contribution in [-0.4, -0.2) is 31.2 Å². The predicted molar refractivity (Wildman–Crippen MR) is 129 cm³/mol. The number of hydrogen-bond donors (Lipinski definition) is 1. The Bertz CT molecular complexity index is 1450. The molecule has 5 aromatic rings. The zero-order chi connectivity index (χ0) is 22.1. The molecule has 158 valence electrons. The molecule has 2 heterocycles. The Hall–Kier alpha value is -3.71. The summed E-state index contributed by atoms with van der Waals surface area (Å²) in [5.74, 6) is 0.889. The number of nitrogens with zero attached hydrogens (tertiary/aromatic N) is 4. The van der Waals surface area contributed by atoms with Crippen molar-refractivity contribution in [2.24, 2.45) is 0 Å². The lowest BCUT2D eigenvalue weighted by Gasteiger charge is -2.10. The third-order valence-electron chi connectivity index (χ3n) is 5.23. The van der Waals surface area contributed by atoms with Crippen LogP contribution in [0.2, 0.25) is 0 Å². The normalized spacial score (nSPS) is 11.2. The first-order chi connectivity index (χ1) is 15.6. The van der Waals surface area contributed by atoms with Gasteiger partial charge in [-0.1, -0.05) is 71.9 Å². The number of anilines is 1. The SMILES string of the molecule is Cc1ccc(NC(=O)CSc2nc3ccccc3n3c(-c4ccccc4)nnc23)c(C)c1. The van der Waals surface area contributed by atoms with Gasteiger partial charge in [0.2, 0.25) is 5.91 Å². The van der Waals surface area contributed by atoms with Gasteiger partial charge in [0.15, 0.2) is 11.5 Å². The summed E-state index contributed by atoms with van der Waals surface area (Å²) in [6.45, 7) is 4.03. The lowest BCUT2D eigenvalue weighted by atomic mass is 10.1. The molecule has 6 nitrogen and oxygen atoms in total. The number of amides is 1. The second-order valence-corrected chi connectivity index (χ2v) is 8.57. The number of hydrogen-bond acceptors (Lipinski definition) is 5. The number of nitrogens with one attached hydrogen (secondary N) is 1. The average Bonchev–Trinajstić information content (AvgIpc) is 3.26. The Labute approximate surface area is 189 Å². The first-order valence-corrected chi connectivity index (χ1v) is 11.3. The van der Waals surface area contributed by atoms with E-state index in [1.54, 1.807) is 0 Å². The van der Waals surface area contributed by atoms with E-state index in [0.29, 0.717) is 10.7 Å². The number of fused-ring (bicyclic) bond motifs is 3. The van der Waals surface area contributed by atoms with Crippen molar-refractivity contribution >= 4 is 40.0 Å². The quantitative estimate of drug-likeness (QED) is 0.377. The number of benzene rings is 3. The van der Waals surface area contributed by atoms with Gasteiger partial charge in [-0.3, -0.25) is 9.20 Å². The van der Waals surface area contributed by atoms with Crippen LogP contribution in [0.5, 0.6) is 0 Å². The molecule has 2 aromatic heterocycles. The number of carbonyl (C=O) groups excluding carboxylic acids is 1. The van der Waals surface area contributed by atoms with E-state index >= 15 is 0 Å². The number of rotatable bonds is 5. The van der Waals surface area contributed by atoms with Crippen LogP contribution in [0.25, 0.3) is 28.1 Å². The highest BCUT2D eigenvalue weighted by Gasteiger charge is 2.17. The maximum Gasteiger partial charge on any atom is 0.234 e. The Morgan fingerprint density at radius 1 is 0.969 bits per heavy atom. The van der Waals surface area contributed by atoms with Gasteiger partial charge in [-0.2, -0.15) is 0 Å². The fourth-order valence-electron chi connectivity index (χ4n) is 3.70. The van der Waals surface area contributed by atoms with E-state index in [1.807, 2.05) is 85.0 Å². The molecule has 0 unspecified atom stereocenters. The Morgan fingerprint density at radius 3 is 2.56 bits per heavy atom. The molecule has 0 aliphatic carbocycles. The molecule has 0 saturated heterocycles. The van der Waals surface area contributed by atoms with Crippen LogP contribution in [-0.2, 0) is 4.79 Å². The number of para-hydroxylation sites is 2. The molecule has 0 aliphatic rings. The molecule has 0 aliphatic heterocycles. The van der Waals surface area contributed by atoms with E-state index in [2.05, 4.69) is 21.6 Å². The van der Waals surface area contributed by atoms with Crippen LogP contribution in [0.3, 0.4) is 0 Å². The molecule has 3 aromatic carbocycles. The number of thioether (sulfide) groups is 1. The van der Waals surface area contributed by atoms with Gasteiger partial charge >= 0.3 is 0 Å². The van der Waals surface area contributed by atoms with Gasteiger partial charge in [-0.05, 0) is 37.6 Å². The molecule has 0 saturated carbocycles. The van der Waals surface area contributed by atoms with Gasteiger partial charge in [0.05, 0.1) is 16.8 Å². The first kappa shape index (κ1) is 20.2. The number of carbonyl (C=O) groups is 1. The van der Waals surface area contributed by atoms with Gasteiger partial charge in [-0.25, -0.2) is 4.98 Å².